The standard InChI is InChI=1S/C16H25NOS/c1-4-17-16(11-19-12(2)3)13-5-7-14(8-6-13)18-15-9-10-15/h5-8,12,15-17H,4,9-11H2,1-3H3. The summed E-state index contributed by atoms with van der Waals surface area (Å²) in [6, 6.07) is 9.06. The third kappa shape index (κ3) is 5.07. The summed E-state index contributed by atoms with van der Waals surface area (Å²) in [4.78, 5) is 0. The van der Waals surface area contributed by atoms with E-state index in [-0.39, 0.29) is 0 Å². The van der Waals surface area contributed by atoms with E-state index in [2.05, 4.69) is 50.4 Å². The highest BCUT2D eigenvalue weighted by atomic mass is 32.2. The quantitative estimate of drug-likeness (QED) is 0.776. The molecule has 1 aromatic carbocycles. The predicted octanol–water partition coefficient (Wildman–Crippen LogP) is 4.02. The molecular weight excluding hydrogens is 254 g/mol. The van der Waals surface area contributed by atoms with Crippen LogP contribution in [0, 0.1) is 0 Å². The Hall–Kier alpha value is -0.670. The first-order chi connectivity index (χ1) is 9.19. The number of rotatable bonds is 8. The number of thioether (sulfide) groups is 1. The molecule has 0 saturated heterocycles. The summed E-state index contributed by atoms with van der Waals surface area (Å²) in [6.45, 7) is 7.67. The third-order valence-corrected chi connectivity index (χ3v) is 4.35. The molecule has 1 fully saturated rings. The van der Waals surface area contributed by atoms with Crippen LogP contribution in [0.2, 0.25) is 0 Å². The van der Waals surface area contributed by atoms with Gasteiger partial charge < -0.3 is 10.1 Å². The highest BCUT2D eigenvalue weighted by molar-refractivity contribution is 7.99. The summed E-state index contributed by atoms with van der Waals surface area (Å²) >= 11 is 2.01. The number of benzene rings is 1. The van der Waals surface area contributed by atoms with Gasteiger partial charge in [0.25, 0.3) is 0 Å². The highest BCUT2D eigenvalue weighted by Gasteiger charge is 2.23. The Kier molecular flexibility index (Phi) is 5.59. The van der Waals surface area contributed by atoms with E-state index in [4.69, 9.17) is 4.74 Å². The average Bonchev–Trinajstić information content (AvgIpc) is 3.19. The molecule has 0 amide bonds. The molecule has 0 bridgehead atoms. The van der Waals surface area contributed by atoms with E-state index in [1.807, 2.05) is 11.8 Å². The maximum atomic E-state index is 5.79. The van der Waals surface area contributed by atoms with Crippen LogP contribution in [0.5, 0.6) is 5.75 Å². The Bertz CT molecular complexity index is 373. The van der Waals surface area contributed by atoms with Crippen molar-refractivity contribution < 1.29 is 4.74 Å². The number of nitrogens with one attached hydrogen (secondary N) is 1. The molecule has 1 saturated carbocycles. The molecule has 106 valence electrons. The van der Waals surface area contributed by atoms with Gasteiger partial charge >= 0.3 is 0 Å². The van der Waals surface area contributed by atoms with E-state index >= 15 is 0 Å². The van der Waals surface area contributed by atoms with Crippen molar-refractivity contribution in [2.24, 2.45) is 0 Å². The minimum atomic E-state index is 0.437. The molecule has 1 unspecified atom stereocenters. The molecule has 2 nitrogen and oxygen atoms in total. The second kappa shape index (κ2) is 7.20. The Morgan fingerprint density at radius 3 is 2.47 bits per heavy atom. The molecule has 3 heteroatoms. The summed E-state index contributed by atoms with van der Waals surface area (Å²) in [5.74, 6) is 2.13. The topological polar surface area (TPSA) is 21.3 Å². The van der Waals surface area contributed by atoms with Gasteiger partial charge in [-0.3, -0.25) is 0 Å². The zero-order valence-electron chi connectivity index (χ0n) is 12.2. The second-order valence-electron chi connectivity index (χ2n) is 5.38. The normalized spacial score (nSPS) is 16.6. The fourth-order valence-electron chi connectivity index (χ4n) is 1.97. The van der Waals surface area contributed by atoms with Crippen molar-refractivity contribution in [3.8, 4) is 5.75 Å². The van der Waals surface area contributed by atoms with Crippen LogP contribution in [0.15, 0.2) is 24.3 Å². The molecule has 0 aromatic heterocycles. The van der Waals surface area contributed by atoms with Gasteiger partial charge in [0.2, 0.25) is 0 Å². The molecule has 1 N–H and O–H groups in total. The van der Waals surface area contributed by atoms with E-state index in [0.717, 1.165) is 18.0 Å². The van der Waals surface area contributed by atoms with Crippen LogP contribution in [0.25, 0.3) is 0 Å². The van der Waals surface area contributed by atoms with E-state index in [0.29, 0.717) is 17.4 Å². The molecule has 1 atom stereocenters. The lowest BCUT2D eigenvalue weighted by atomic mass is 10.1. The van der Waals surface area contributed by atoms with Gasteiger partial charge in [0.05, 0.1) is 6.10 Å². The lowest BCUT2D eigenvalue weighted by Gasteiger charge is -2.19. The summed E-state index contributed by atoms with van der Waals surface area (Å²) < 4.78 is 5.79. The molecule has 1 aliphatic rings. The largest absolute Gasteiger partial charge is 0.490 e. The molecule has 0 aliphatic heterocycles. The van der Waals surface area contributed by atoms with Crippen molar-refractivity contribution in [3.63, 3.8) is 0 Å². The maximum Gasteiger partial charge on any atom is 0.119 e. The van der Waals surface area contributed by atoms with Crippen molar-refractivity contribution in [2.75, 3.05) is 12.3 Å². The van der Waals surface area contributed by atoms with Gasteiger partial charge in [-0.05, 0) is 42.3 Å². The molecule has 19 heavy (non-hydrogen) atoms. The van der Waals surface area contributed by atoms with Crippen LogP contribution in [0.4, 0.5) is 0 Å². The molecular formula is C16H25NOS. The lowest BCUT2D eigenvalue weighted by molar-refractivity contribution is 0.303. The first kappa shape index (κ1) is 14.7. The van der Waals surface area contributed by atoms with Crippen LogP contribution in [0.1, 0.15) is 45.2 Å². The minimum Gasteiger partial charge on any atom is -0.490 e. The summed E-state index contributed by atoms with van der Waals surface area (Å²) in [7, 11) is 0. The number of ether oxygens (including phenoxy) is 1. The summed E-state index contributed by atoms with van der Waals surface area (Å²) in [5.41, 5.74) is 1.36. The van der Waals surface area contributed by atoms with Crippen LogP contribution >= 0.6 is 11.8 Å². The predicted molar refractivity (Wildman–Crippen MR) is 84.1 cm³/mol. The molecule has 2 rings (SSSR count). The van der Waals surface area contributed by atoms with Crippen molar-refractivity contribution in [1.29, 1.82) is 0 Å². The Labute approximate surface area is 121 Å². The van der Waals surface area contributed by atoms with Crippen molar-refractivity contribution in [2.45, 2.75) is 51.0 Å². The Morgan fingerprint density at radius 2 is 1.95 bits per heavy atom. The second-order valence-corrected chi connectivity index (χ2v) is 6.99. The molecule has 1 aliphatic carbocycles. The fourth-order valence-corrected chi connectivity index (χ4v) is 2.85. The molecule has 0 spiro atoms. The van der Waals surface area contributed by atoms with E-state index in [9.17, 15) is 0 Å². The molecule has 0 radical (unpaired) electrons. The highest BCUT2D eigenvalue weighted by Crippen LogP contribution is 2.28. The van der Waals surface area contributed by atoms with Gasteiger partial charge in [0.15, 0.2) is 0 Å². The first-order valence-electron chi connectivity index (χ1n) is 7.30. The lowest BCUT2D eigenvalue weighted by Crippen LogP contribution is -2.23. The van der Waals surface area contributed by atoms with Gasteiger partial charge in [-0.2, -0.15) is 11.8 Å². The zero-order valence-corrected chi connectivity index (χ0v) is 13.0. The van der Waals surface area contributed by atoms with Crippen molar-refractivity contribution >= 4 is 11.8 Å². The van der Waals surface area contributed by atoms with Crippen molar-refractivity contribution in [3.05, 3.63) is 29.8 Å². The minimum absolute atomic E-state index is 0.437. The van der Waals surface area contributed by atoms with Crippen LogP contribution < -0.4 is 10.1 Å². The van der Waals surface area contributed by atoms with Crippen LogP contribution in [-0.4, -0.2) is 23.7 Å². The van der Waals surface area contributed by atoms with E-state index in [1.165, 1.54) is 18.4 Å². The van der Waals surface area contributed by atoms with Gasteiger partial charge in [0.1, 0.15) is 5.75 Å². The monoisotopic (exact) mass is 279 g/mol. The zero-order chi connectivity index (χ0) is 13.7. The number of hydrogen-bond donors (Lipinski definition) is 1. The maximum absolute atomic E-state index is 5.79. The fraction of sp³-hybridized carbons (Fsp3) is 0.625. The first-order valence-corrected chi connectivity index (χ1v) is 8.35. The molecule has 0 heterocycles. The van der Waals surface area contributed by atoms with Gasteiger partial charge in [0, 0.05) is 11.8 Å². The SMILES string of the molecule is CCNC(CSC(C)C)c1ccc(OC2CC2)cc1. The summed E-state index contributed by atoms with van der Waals surface area (Å²) in [5, 5.41) is 4.24. The Balaban J connectivity index is 1.94. The molecule has 1 aromatic rings. The van der Waals surface area contributed by atoms with Gasteiger partial charge in [-0.25, -0.2) is 0 Å². The smallest absolute Gasteiger partial charge is 0.119 e. The van der Waals surface area contributed by atoms with Gasteiger partial charge in [-0.1, -0.05) is 32.9 Å². The van der Waals surface area contributed by atoms with E-state index < -0.39 is 0 Å². The van der Waals surface area contributed by atoms with Gasteiger partial charge in [-0.15, -0.1) is 0 Å². The van der Waals surface area contributed by atoms with E-state index in [1.54, 1.807) is 0 Å². The average molecular weight is 279 g/mol. The van der Waals surface area contributed by atoms with Crippen molar-refractivity contribution in [1.82, 2.24) is 5.32 Å². The van der Waals surface area contributed by atoms with Crippen LogP contribution in [0.3, 0.4) is 0 Å². The third-order valence-electron chi connectivity index (χ3n) is 3.16. The van der Waals surface area contributed by atoms with Crippen LogP contribution in [-0.2, 0) is 0 Å². The Morgan fingerprint density at radius 1 is 1.26 bits per heavy atom. The summed E-state index contributed by atoms with van der Waals surface area (Å²) in [6.07, 6.45) is 2.91. The number of hydrogen-bond acceptors (Lipinski definition) is 3.